The molecule has 0 aliphatic heterocycles. The molecular formula is C14H11Cl2NO3S. The highest BCUT2D eigenvalue weighted by atomic mass is 35.5. The van der Waals surface area contributed by atoms with Gasteiger partial charge in [0, 0.05) is 23.8 Å². The first-order valence-electron chi connectivity index (χ1n) is 6.09. The molecule has 2 aromatic rings. The van der Waals surface area contributed by atoms with Crippen molar-refractivity contribution in [2.75, 3.05) is 0 Å². The van der Waals surface area contributed by atoms with Gasteiger partial charge in [-0.1, -0.05) is 29.3 Å². The molecule has 21 heavy (non-hydrogen) atoms. The fourth-order valence-electron chi connectivity index (χ4n) is 1.74. The van der Waals surface area contributed by atoms with E-state index in [0.717, 1.165) is 0 Å². The lowest BCUT2D eigenvalue weighted by Gasteiger charge is -2.02. The standard InChI is InChI=1S/C14H11Cl2NO3S/c15-10-2-1-3-11(16)13(10)14-17-8(7-21-14)6-9(18)4-5-12(19)20/h1-3,7H,4-6H2,(H,19,20). The average Bonchev–Trinajstić information content (AvgIpc) is 2.84. The second-order valence-electron chi connectivity index (χ2n) is 4.35. The summed E-state index contributed by atoms with van der Waals surface area (Å²) in [5, 5.41) is 12.0. The van der Waals surface area contributed by atoms with E-state index in [1.165, 1.54) is 11.3 Å². The molecule has 0 atom stereocenters. The number of hydrogen-bond donors (Lipinski definition) is 1. The first-order valence-corrected chi connectivity index (χ1v) is 7.73. The van der Waals surface area contributed by atoms with Gasteiger partial charge in [-0.2, -0.15) is 0 Å². The van der Waals surface area contributed by atoms with Gasteiger partial charge in [-0.3, -0.25) is 9.59 Å². The number of aliphatic carboxylic acids is 1. The smallest absolute Gasteiger partial charge is 0.303 e. The van der Waals surface area contributed by atoms with Crippen molar-refractivity contribution in [1.82, 2.24) is 4.98 Å². The number of thiazole rings is 1. The van der Waals surface area contributed by atoms with Gasteiger partial charge in [-0.05, 0) is 12.1 Å². The molecule has 0 fully saturated rings. The molecule has 110 valence electrons. The van der Waals surface area contributed by atoms with Gasteiger partial charge in [0.25, 0.3) is 0 Å². The molecule has 0 saturated carbocycles. The molecule has 1 aromatic carbocycles. The van der Waals surface area contributed by atoms with Crippen molar-refractivity contribution in [3.8, 4) is 10.6 Å². The highest BCUT2D eigenvalue weighted by Gasteiger charge is 2.14. The Labute approximate surface area is 135 Å². The van der Waals surface area contributed by atoms with Crippen LogP contribution in [0.15, 0.2) is 23.6 Å². The van der Waals surface area contributed by atoms with Crippen LogP contribution in [-0.4, -0.2) is 21.8 Å². The van der Waals surface area contributed by atoms with Crippen molar-refractivity contribution < 1.29 is 14.7 Å². The third-order valence-corrected chi connectivity index (χ3v) is 4.26. The van der Waals surface area contributed by atoms with Crippen LogP contribution in [0.4, 0.5) is 0 Å². The van der Waals surface area contributed by atoms with Crippen molar-refractivity contribution in [2.45, 2.75) is 19.3 Å². The van der Waals surface area contributed by atoms with E-state index in [-0.39, 0.29) is 25.0 Å². The second kappa shape index (κ2) is 7.02. The van der Waals surface area contributed by atoms with Crippen molar-refractivity contribution in [3.05, 3.63) is 39.3 Å². The summed E-state index contributed by atoms with van der Waals surface area (Å²) >= 11 is 13.6. The lowest BCUT2D eigenvalue weighted by atomic mass is 10.1. The predicted molar refractivity (Wildman–Crippen MR) is 83.2 cm³/mol. The Morgan fingerprint density at radius 1 is 1.19 bits per heavy atom. The first kappa shape index (κ1) is 15.9. The van der Waals surface area contributed by atoms with Crippen LogP contribution in [0.25, 0.3) is 10.6 Å². The minimum Gasteiger partial charge on any atom is -0.481 e. The molecule has 1 heterocycles. The monoisotopic (exact) mass is 343 g/mol. The van der Waals surface area contributed by atoms with Gasteiger partial charge in [-0.15, -0.1) is 11.3 Å². The molecule has 0 spiro atoms. The van der Waals surface area contributed by atoms with Gasteiger partial charge >= 0.3 is 5.97 Å². The maximum absolute atomic E-state index is 11.6. The van der Waals surface area contributed by atoms with E-state index in [9.17, 15) is 9.59 Å². The number of hydrogen-bond acceptors (Lipinski definition) is 4. The van der Waals surface area contributed by atoms with Crippen LogP contribution in [0.1, 0.15) is 18.5 Å². The number of carboxylic acids is 1. The molecule has 0 aliphatic carbocycles. The van der Waals surface area contributed by atoms with Crippen LogP contribution in [0, 0.1) is 0 Å². The Kier molecular flexibility index (Phi) is 5.33. The zero-order valence-electron chi connectivity index (χ0n) is 10.8. The highest BCUT2D eigenvalue weighted by Crippen LogP contribution is 2.36. The molecule has 0 bridgehead atoms. The number of aromatic nitrogens is 1. The number of halogens is 2. The summed E-state index contributed by atoms with van der Waals surface area (Å²) in [7, 11) is 0. The molecule has 7 heteroatoms. The molecule has 0 amide bonds. The third-order valence-electron chi connectivity index (χ3n) is 2.72. The minimum absolute atomic E-state index is 0.00897. The number of carbonyl (C=O) groups is 2. The second-order valence-corrected chi connectivity index (χ2v) is 6.02. The maximum atomic E-state index is 11.6. The van der Waals surface area contributed by atoms with Crippen LogP contribution >= 0.6 is 34.5 Å². The molecular weight excluding hydrogens is 333 g/mol. The van der Waals surface area contributed by atoms with Crippen LogP contribution in [0.3, 0.4) is 0 Å². The van der Waals surface area contributed by atoms with E-state index in [2.05, 4.69) is 4.98 Å². The van der Waals surface area contributed by atoms with Gasteiger partial charge in [0.2, 0.25) is 0 Å². The summed E-state index contributed by atoms with van der Waals surface area (Å²) in [5.41, 5.74) is 1.25. The van der Waals surface area contributed by atoms with Gasteiger partial charge in [-0.25, -0.2) is 4.98 Å². The van der Waals surface area contributed by atoms with E-state index >= 15 is 0 Å². The van der Waals surface area contributed by atoms with Gasteiger partial charge < -0.3 is 5.11 Å². The zero-order valence-corrected chi connectivity index (χ0v) is 13.1. The molecule has 4 nitrogen and oxygen atoms in total. The highest BCUT2D eigenvalue weighted by molar-refractivity contribution is 7.13. The summed E-state index contributed by atoms with van der Waals surface area (Å²) in [6.45, 7) is 0. The molecule has 1 N–H and O–H groups in total. The summed E-state index contributed by atoms with van der Waals surface area (Å²) < 4.78 is 0. The lowest BCUT2D eigenvalue weighted by Crippen LogP contribution is -2.06. The van der Waals surface area contributed by atoms with Gasteiger partial charge in [0.15, 0.2) is 0 Å². The van der Waals surface area contributed by atoms with Gasteiger partial charge in [0.05, 0.1) is 22.2 Å². The van der Waals surface area contributed by atoms with E-state index in [0.29, 0.717) is 26.3 Å². The number of carboxylic acid groups (broad SMARTS) is 1. The fourth-order valence-corrected chi connectivity index (χ4v) is 3.32. The number of nitrogens with zero attached hydrogens (tertiary/aromatic N) is 1. The average molecular weight is 344 g/mol. The topological polar surface area (TPSA) is 67.3 Å². The number of carbonyl (C=O) groups excluding carboxylic acids is 1. The molecule has 0 aliphatic rings. The Balaban J connectivity index is 2.12. The summed E-state index contributed by atoms with van der Waals surface area (Å²) in [4.78, 5) is 26.4. The number of ketones is 1. The summed E-state index contributed by atoms with van der Waals surface area (Å²) in [6, 6.07) is 5.20. The normalized spacial score (nSPS) is 10.6. The SMILES string of the molecule is O=C(O)CCC(=O)Cc1csc(-c2c(Cl)cccc2Cl)n1. The fraction of sp³-hybridized carbons (Fsp3) is 0.214. The van der Waals surface area contributed by atoms with Crippen LogP contribution in [0.5, 0.6) is 0 Å². The predicted octanol–water partition coefficient (Wildman–Crippen LogP) is 4.09. The van der Waals surface area contributed by atoms with E-state index < -0.39 is 5.97 Å². The maximum Gasteiger partial charge on any atom is 0.303 e. The summed E-state index contributed by atoms with van der Waals surface area (Å²) in [6.07, 6.45) is -0.0347. The lowest BCUT2D eigenvalue weighted by molar-refractivity contribution is -0.138. The first-order chi connectivity index (χ1) is 9.97. The van der Waals surface area contributed by atoms with Crippen LogP contribution in [0.2, 0.25) is 10.0 Å². The Morgan fingerprint density at radius 2 is 1.86 bits per heavy atom. The molecule has 0 radical (unpaired) electrons. The van der Waals surface area contributed by atoms with E-state index in [1.54, 1.807) is 23.6 Å². The van der Waals surface area contributed by atoms with Crippen LogP contribution in [-0.2, 0) is 16.0 Å². The molecule has 2 rings (SSSR count). The number of rotatable bonds is 6. The molecule has 0 saturated heterocycles. The Hall–Kier alpha value is -1.43. The van der Waals surface area contributed by atoms with Crippen molar-refractivity contribution in [1.29, 1.82) is 0 Å². The summed E-state index contributed by atoms with van der Waals surface area (Å²) in [5.74, 6) is -1.13. The van der Waals surface area contributed by atoms with E-state index in [1.807, 2.05) is 0 Å². The third kappa shape index (κ3) is 4.27. The van der Waals surface area contributed by atoms with Crippen molar-refractivity contribution in [2.24, 2.45) is 0 Å². The Bertz CT molecular complexity index is 664. The van der Waals surface area contributed by atoms with Crippen molar-refractivity contribution in [3.63, 3.8) is 0 Å². The van der Waals surface area contributed by atoms with Crippen LogP contribution < -0.4 is 0 Å². The Morgan fingerprint density at radius 3 is 2.48 bits per heavy atom. The minimum atomic E-state index is -0.981. The van der Waals surface area contributed by atoms with Gasteiger partial charge in [0.1, 0.15) is 10.8 Å². The largest absolute Gasteiger partial charge is 0.481 e. The number of Topliss-reactive ketones (excluding diaryl/α,β-unsaturated/α-hetero) is 1. The zero-order chi connectivity index (χ0) is 15.4. The molecule has 1 aromatic heterocycles. The van der Waals surface area contributed by atoms with Crippen molar-refractivity contribution >= 4 is 46.3 Å². The number of benzene rings is 1. The quantitative estimate of drug-likeness (QED) is 0.857. The van der Waals surface area contributed by atoms with E-state index in [4.69, 9.17) is 28.3 Å². The molecule has 0 unspecified atom stereocenters.